The van der Waals surface area contributed by atoms with Crippen LogP contribution in [0.1, 0.15) is 26.7 Å². The Morgan fingerprint density at radius 1 is 1.45 bits per heavy atom. The number of aliphatic carboxylic acids is 1. The van der Waals surface area contributed by atoms with E-state index >= 15 is 0 Å². The molecule has 0 fully saturated rings. The average Bonchev–Trinajstić information content (AvgIpc) is 2.91. The Hall–Kier alpha value is -2.38. The van der Waals surface area contributed by atoms with Crippen molar-refractivity contribution in [1.29, 1.82) is 0 Å². The number of hydrogen-bond donors (Lipinski definition) is 1. The van der Waals surface area contributed by atoms with Crippen molar-refractivity contribution >= 4 is 5.97 Å². The molecule has 0 aliphatic carbocycles. The lowest BCUT2D eigenvalue weighted by atomic mass is 9.93. The van der Waals surface area contributed by atoms with Crippen molar-refractivity contribution in [3.8, 4) is 11.4 Å². The minimum absolute atomic E-state index is 0.0796. The number of halogens is 1. The molecule has 2 heterocycles. The molecule has 2 aromatic rings. The number of pyridine rings is 1. The van der Waals surface area contributed by atoms with Crippen LogP contribution < -0.4 is 0 Å². The topological polar surface area (TPSA) is 93.8 Å². The predicted molar refractivity (Wildman–Crippen MR) is 67.2 cm³/mol. The summed E-state index contributed by atoms with van der Waals surface area (Å²) in [7, 11) is 0. The molecule has 20 heavy (non-hydrogen) atoms. The van der Waals surface area contributed by atoms with Gasteiger partial charge < -0.3 is 5.11 Å². The zero-order chi connectivity index (χ0) is 14.8. The second kappa shape index (κ2) is 5.32. The average molecular weight is 279 g/mol. The van der Waals surface area contributed by atoms with Crippen molar-refractivity contribution in [2.24, 2.45) is 0 Å². The molecule has 0 aromatic carbocycles. The zero-order valence-electron chi connectivity index (χ0n) is 11.1. The lowest BCUT2D eigenvalue weighted by molar-refractivity contribution is -0.148. The summed E-state index contributed by atoms with van der Waals surface area (Å²) >= 11 is 0. The molecule has 2 rings (SSSR count). The largest absolute Gasteiger partial charge is 0.479 e. The first kappa shape index (κ1) is 14.0. The van der Waals surface area contributed by atoms with E-state index in [-0.39, 0.29) is 24.2 Å². The van der Waals surface area contributed by atoms with Gasteiger partial charge in [-0.15, -0.1) is 5.10 Å². The smallest absolute Gasteiger partial charge is 0.331 e. The monoisotopic (exact) mass is 279 g/mol. The third-order valence-corrected chi connectivity index (χ3v) is 3.46. The van der Waals surface area contributed by atoms with E-state index < -0.39 is 17.3 Å². The molecule has 0 radical (unpaired) electrons. The summed E-state index contributed by atoms with van der Waals surface area (Å²) in [5.41, 5.74) is -1.17. The van der Waals surface area contributed by atoms with Gasteiger partial charge in [-0.05, 0) is 29.3 Å². The maximum Gasteiger partial charge on any atom is 0.331 e. The summed E-state index contributed by atoms with van der Waals surface area (Å²) in [5.74, 6) is -1.57. The molecule has 0 bridgehead atoms. The van der Waals surface area contributed by atoms with Gasteiger partial charge in [-0.2, -0.15) is 0 Å². The lowest BCUT2D eigenvalue weighted by Gasteiger charge is -2.27. The van der Waals surface area contributed by atoms with Gasteiger partial charge in [0.25, 0.3) is 0 Å². The van der Waals surface area contributed by atoms with E-state index in [1.807, 2.05) is 0 Å². The molecule has 0 spiro atoms. The van der Waals surface area contributed by atoms with Crippen LogP contribution in [0, 0.1) is 5.82 Å². The predicted octanol–water partition coefficient (Wildman–Crippen LogP) is 1.47. The summed E-state index contributed by atoms with van der Waals surface area (Å²) in [6.45, 7) is 3.46. The molecule has 0 unspecified atom stereocenters. The van der Waals surface area contributed by atoms with Gasteiger partial charge in [0, 0.05) is 6.20 Å². The molecule has 0 saturated carbocycles. The van der Waals surface area contributed by atoms with Gasteiger partial charge in [-0.3, -0.25) is 4.98 Å². The molecule has 0 aliphatic heterocycles. The van der Waals surface area contributed by atoms with Gasteiger partial charge in [-0.25, -0.2) is 13.9 Å². The fourth-order valence-corrected chi connectivity index (χ4v) is 2.14. The summed E-state index contributed by atoms with van der Waals surface area (Å²) in [6.07, 6.45) is 3.00. The summed E-state index contributed by atoms with van der Waals surface area (Å²) in [5, 5.41) is 20.5. The maximum atomic E-state index is 13.8. The van der Waals surface area contributed by atoms with Crippen LogP contribution in [0.4, 0.5) is 4.39 Å². The Labute approximate surface area is 114 Å². The summed E-state index contributed by atoms with van der Waals surface area (Å²) in [4.78, 5) is 15.3. The zero-order valence-corrected chi connectivity index (χ0v) is 11.1. The molecule has 7 nitrogen and oxygen atoms in total. The van der Waals surface area contributed by atoms with Gasteiger partial charge in [-0.1, -0.05) is 13.8 Å². The highest BCUT2D eigenvalue weighted by atomic mass is 19.1. The second-order valence-electron chi connectivity index (χ2n) is 4.31. The van der Waals surface area contributed by atoms with Gasteiger partial charge in [0.15, 0.2) is 17.2 Å². The van der Waals surface area contributed by atoms with Gasteiger partial charge in [0.05, 0.1) is 11.8 Å². The van der Waals surface area contributed by atoms with Crippen LogP contribution >= 0.6 is 0 Å². The molecule has 0 atom stereocenters. The summed E-state index contributed by atoms with van der Waals surface area (Å²) < 4.78 is 15.0. The first-order valence-electron chi connectivity index (χ1n) is 6.19. The number of nitrogens with zero attached hydrogens (tertiary/aromatic N) is 5. The standard InChI is InChI=1S/C12H14FN5O2/c1-3-12(4-2,11(19)20)18-10(15-16-17-18)8-5-6-14-7-9(8)13/h5-7H,3-4H2,1-2H3,(H,19,20). The van der Waals surface area contributed by atoms with E-state index in [9.17, 15) is 14.3 Å². The first-order chi connectivity index (χ1) is 9.56. The van der Waals surface area contributed by atoms with Crippen molar-refractivity contribution in [3.63, 3.8) is 0 Å². The number of hydrogen-bond acceptors (Lipinski definition) is 5. The van der Waals surface area contributed by atoms with Gasteiger partial charge >= 0.3 is 5.97 Å². The normalized spacial score (nSPS) is 11.6. The van der Waals surface area contributed by atoms with Crippen molar-refractivity contribution in [2.45, 2.75) is 32.2 Å². The van der Waals surface area contributed by atoms with E-state index in [0.29, 0.717) is 0 Å². The van der Waals surface area contributed by atoms with E-state index in [0.717, 1.165) is 6.20 Å². The number of carboxylic acid groups (broad SMARTS) is 1. The molecule has 106 valence electrons. The molecule has 2 aromatic heterocycles. The van der Waals surface area contributed by atoms with Crippen molar-refractivity contribution in [2.75, 3.05) is 0 Å². The molecule has 8 heteroatoms. The van der Waals surface area contributed by atoms with Gasteiger partial charge in [0.1, 0.15) is 0 Å². The van der Waals surface area contributed by atoms with E-state index in [4.69, 9.17) is 0 Å². The highest BCUT2D eigenvalue weighted by Gasteiger charge is 2.40. The molecule has 0 saturated heterocycles. The third kappa shape index (κ3) is 2.02. The maximum absolute atomic E-state index is 13.8. The SMILES string of the molecule is CCC(CC)(C(=O)O)n1nnnc1-c1ccncc1F. The number of rotatable bonds is 5. The summed E-state index contributed by atoms with van der Waals surface area (Å²) in [6, 6.07) is 1.41. The number of aromatic nitrogens is 5. The van der Waals surface area contributed by atoms with Gasteiger partial charge in [0.2, 0.25) is 0 Å². The highest BCUT2D eigenvalue weighted by Crippen LogP contribution is 2.30. The number of carboxylic acids is 1. The minimum Gasteiger partial charge on any atom is -0.479 e. The molecule has 1 N–H and O–H groups in total. The van der Waals surface area contributed by atoms with Crippen molar-refractivity contribution in [1.82, 2.24) is 25.2 Å². The van der Waals surface area contributed by atoms with E-state index in [1.165, 1.54) is 16.9 Å². The van der Waals surface area contributed by atoms with Crippen LogP contribution in [0.2, 0.25) is 0 Å². The molecule has 0 amide bonds. The van der Waals surface area contributed by atoms with Crippen molar-refractivity contribution < 1.29 is 14.3 Å². The van der Waals surface area contributed by atoms with Crippen molar-refractivity contribution in [3.05, 3.63) is 24.3 Å². The minimum atomic E-state index is -1.30. The highest BCUT2D eigenvalue weighted by molar-refractivity contribution is 5.77. The van der Waals surface area contributed by atoms with Crippen LogP contribution in [0.15, 0.2) is 18.5 Å². The number of tetrazole rings is 1. The van der Waals surface area contributed by atoms with E-state index in [2.05, 4.69) is 20.5 Å². The lowest BCUT2D eigenvalue weighted by Crippen LogP contribution is -2.42. The Kier molecular flexibility index (Phi) is 3.73. The third-order valence-electron chi connectivity index (χ3n) is 3.46. The molecular formula is C12H14FN5O2. The first-order valence-corrected chi connectivity index (χ1v) is 6.19. The van der Waals surface area contributed by atoms with Crippen LogP contribution in [0.5, 0.6) is 0 Å². The Balaban J connectivity index is 2.64. The molecular weight excluding hydrogens is 265 g/mol. The Bertz CT molecular complexity index is 624. The molecule has 0 aliphatic rings. The quantitative estimate of drug-likeness (QED) is 0.890. The van der Waals surface area contributed by atoms with E-state index in [1.54, 1.807) is 13.8 Å². The number of carbonyl (C=O) groups is 1. The van der Waals surface area contributed by atoms with Crippen LogP contribution in [-0.2, 0) is 10.3 Å². The fraction of sp³-hybridized carbons (Fsp3) is 0.417. The Morgan fingerprint density at radius 3 is 2.70 bits per heavy atom. The van der Waals surface area contributed by atoms with Crippen LogP contribution in [-0.4, -0.2) is 36.3 Å². The van der Waals surface area contributed by atoms with Crippen LogP contribution in [0.25, 0.3) is 11.4 Å². The second-order valence-corrected chi connectivity index (χ2v) is 4.31. The fourth-order valence-electron chi connectivity index (χ4n) is 2.14. The Morgan fingerprint density at radius 2 is 2.15 bits per heavy atom. The van der Waals surface area contributed by atoms with Crippen LogP contribution in [0.3, 0.4) is 0 Å².